The van der Waals surface area contributed by atoms with Crippen LogP contribution in [0.15, 0.2) is 41.8 Å². The maximum Gasteiger partial charge on any atom is 0.227 e. The van der Waals surface area contributed by atoms with Crippen molar-refractivity contribution in [1.82, 2.24) is 5.32 Å². The summed E-state index contributed by atoms with van der Waals surface area (Å²) >= 11 is 1.59. The SMILES string of the molecule is CNC(=O)[C@H]1CCC(=O)N(c2ccc(C)cc2)[C@@H]1c1cccs1. The van der Waals surface area contributed by atoms with Gasteiger partial charge in [0.2, 0.25) is 11.8 Å². The predicted molar refractivity (Wildman–Crippen MR) is 92.5 cm³/mol. The van der Waals surface area contributed by atoms with Gasteiger partial charge >= 0.3 is 0 Å². The summed E-state index contributed by atoms with van der Waals surface area (Å²) in [5.74, 6) is -0.155. The lowest BCUT2D eigenvalue weighted by Gasteiger charge is -2.40. The van der Waals surface area contributed by atoms with Gasteiger partial charge in [-0.05, 0) is 36.9 Å². The summed E-state index contributed by atoms with van der Waals surface area (Å²) < 4.78 is 0. The van der Waals surface area contributed by atoms with Crippen LogP contribution in [0.5, 0.6) is 0 Å². The van der Waals surface area contributed by atoms with E-state index < -0.39 is 0 Å². The topological polar surface area (TPSA) is 49.4 Å². The van der Waals surface area contributed by atoms with Crippen molar-refractivity contribution in [1.29, 1.82) is 0 Å². The molecule has 1 N–H and O–H groups in total. The van der Waals surface area contributed by atoms with E-state index in [1.54, 1.807) is 23.3 Å². The Morgan fingerprint density at radius 2 is 2.00 bits per heavy atom. The van der Waals surface area contributed by atoms with Crippen molar-refractivity contribution in [3.63, 3.8) is 0 Å². The number of carbonyl (C=O) groups is 2. The summed E-state index contributed by atoms with van der Waals surface area (Å²) in [7, 11) is 1.65. The first-order valence-electron chi connectivity index (χ1n) is 7.75. The molecule has 1 aromatic heterocycles. The van der Waals surface area contributed by atoms with E-state index in [-0.39, 0.29) is 23.8 Å². The zero-order chi connectivity index (χ0) is 16.4. The van der Waals surface area contributed by atoms with Crippen LogP contribution >= 0.6 is 11.3 Å². The Balaban J connectivity index is 2.06. The van der Waals surface area contributed by atoms with E-state index in [1.807, 2.05) is 48.7 Å². The lowest BCUT2D eigenvalue weighted by Crippen LogP contribution is -2.47. The normalized spacial score (nSPS) is 21.3. The minimum Gasteiger partial charge on any atom is -0.359 e. The summed E-state index contributed by atoms with van der Waals surface area (Å²) in [6.07, 6.45) is 0.983. The van der Waals surface area contributed by atoms with Gasteiger partial charge in [0.1, 0.15) is 0 Å². The molecule has 4 nitrogen and oxygen atoms in total. The van der Waals surface area contributed by atoms with Gasteiger partial charge in [0.15, 0.2) is 0 Å². The minimum atomic E-state index is -0.237. The number of nitrogens with zero attached hydrogens (tertiary/aromatic N) is 1. The van der Waals surface area contributed by atoms with Crippen LogP contribution in [0.1, 0.15) is 29.3 Å². The number of anilines is 1. The van der Waals surface area contributed by atoms with Crippen LogP contribution < -0.4 is 10.2 Å². The highest BCUT2D eigenvalue weighted by molar-refractivity contribution is 7.10. The third kappa shape index (κ3) is 3.01. The molecule has 2 atom stereocenters. The quantitative estimate of drug-likeness (QED) is 0.940. The Hall–Kier alpha value is -2.14. The van der Waals surface area contributed by atoms with Crippen LogP contribution in [-0.4, -0.2) is 18.9 Å². The number of benzene rings is 1. The van der Waals surface area contributed by atoms with Crippen molar-refractivity contribution in [2.45, 2.75) is 25.8 Å². The molecule has 1 aromatic carbocycles. The summed E-state index contributed by atoms with van der Waals surface area (Å²) in [6.45, 7) is 2.02. The van der Waals surface area contributed by atoms with Gasteiger partial charge in [-0.25, -0.2) is 0 Å². The highest BCUT2D eigenvalue weighted by atomic mass is 32.1. The van der Waals surface area contributed by atoms with Gasteiger partial charge in [-0.15, -0.1) is 11.3 Å². The molecule has 120 valence electrons. The second-order valence-corrected chi connectivity index (χ2v) is 6.80. The van der Waals surface area contributed by atoms with Crippen molar-refractivity contribution in [2.24, 2.45) is 5.92 Å². The van der Waals surface area contributed by atoms with Crippen molar-refractivity contribution < 1.29 is 9.59 Å². The number of aryl methyl sites for hydroxylation is 1. The van der Waals surface area contributed by atoms with E-state index in [0.29, 0.717) is 12.8 Å². The summed E-state index contributed by atoms with van der Waals surface area (Å²) in [4.78, 5) is 27.9. The Bertz CT molecular complexity index is 694. The fourth-order valence-corrected chi connectivity index (χ4v) is 4.03. The fourth-order valence-electron chi connectivity index (χ4n) is 3.15. The Labute approximate surface area is 140 Å². The van der Waals surface area contributed by atoms with Gasteiger partial charge in [0.25, 0.3) is 0 Å². The van der Waals surface area contributed by atoms with Crippen molar-refractivity contribution >= 4 is 28.8 Å². The van der Waals surface area contributed by atoms with Gasteiger partial charge in [0, 0.05) is 24.0 Å². The standard InChI is InChI=1S/C18H20N2O2S/c1-12-5-7-13(8-6-12)20-16(21)10-9-14(18(22)19-2)17(20)15-4-3-11-23-15/h3-8,11,14,17H,9-10H2,1-2H3,(H,19,22)/t14-,17-/m0/s1. The lowest BCUT2D eigenvalue weighted by molar-refractivity contribution is -0.128. The first-order chi connectivity index (χ1) is 11.1. The Morgan fingerprint density at radius 1 is 1.26 bits per heavy atom. The number of piperidine rings is 1. The maximum atomic E-state index is 12.6. The third-order valence-electron chi connectivity index (χ3n) is 4.33. The van der Waals surface area contributed by atoms with Crippen LogP contribution in [0.3, 0.4) is 0 Å². The van der Waals surface area contributed by atoms with Crippen LogP contribution in [0.2, 0.25) is 0 Å². The summed E-state index contributed by atoms with van der Waals surface area (Å²) in [6, 6.07) is 11.6. The molecule has 5 heteroatoms. The summed E-state index contributed by atoms with van der Waals surface area (Å²) in [5.41, 5.74) is 2.00. The molecule has 2 heterocycles. The van der Waals surface area contributed by atoms with Crippen molar-refractivity contribution in [3.05, 3.63) is 52.2 Å². The first-order valence-corrected chi connectivity index (χ1v) is 8.63. The van der Waals surface area contributed by atoms with Crippen molar-refractivity contribution in [2.75, 3.05) is 11.9 Å². The second-order valence-electron chi connectivity index (χ2n) is 5.82. The number of carbonyl (C=O) groups excluding carboxylic acids is 2. The molecule has 3 rings (SSSR count). The average molecular weight is 328 g/mol. The molecule has 1 aliphatic rings. The highest BCUT2D eigenvalue weighted by Gasteiger charge is 2.41. The molecule has 2 amide bonds. The second kappa shape index (κ2) is 6.54. The molecule has 23 heavy (non-hydrogen) atoms. The van der Waals surface area contributed by atoms with Gasteiger partial charge in [0.05, 0.1) is 12.0 Å². The zero-order valence-corrected chi connectivity index (χ0v) is 14.1. The van der Waals surface area contributed by atoms with Crippen LogP contribution in [0.25, 0.3) is 0 Å². The molecule has 0 unspecified atom stereocenters. The molecule has 1 saturated heterocycles. The smallest absolute Gasteiger partial charge is 0.227 e. The van der Waals surface area contributed by atoms with Gasteiger partial charge in [-0.1, -0.05) is 23.8 Å². The highest BCUT2D eigenvalue weighted by Crippen LogP contribution is 2.41. The number of thiophene rings is 1. The van der Waals surface area contributed by atoms with E-state index in [1.165, 1.54) is 0 Å². The molecular weight excluding hydrogens is 308 g/mol. The molecule has 1 fully saturated rings. The summed E-state index contributed by atoms with van der Waals surface area (Å²) in [5, 5.41) is 4.74. The van der Waals surface area contributed by atoms with E-state index in [0.717, 1.165) is 16.1 Å². The van der Waals surface area contributed by atoms with Crippen molar-refractivity contribution in [3.8, 4) is 0 Å². The maximum absolute atomic E-state index is 12.6. The Kier molecular flexibility index (Phi) is 4.48. The van der Waals surface area contributed by atoms with Crippen LogP contribution in [0, 0.1) is 12.8 Å². The number of nitrogens with one attached hydrogen (secondary N) is 1. The first kappa shape index (κ1) is 15.7. The van der Waals surface area contributed by atoms with E-state index in [2.05, 4.69) is 5.32 Å². The zero-order valence-electron chi connectivity index (χ0n) is 13.3. The molecule has 1 aliphatic heterocycles. The van der Waals surface area contributed by atoms with E-state index in [9.17, 15) is 9.59 Å². The van der Waals surface area contributed by atoms with Crippen LogP contribution in [-0.2, 0) is 9.59 Å². The third-order valence-corrected chi connectivity index (χ3v) is 5.27. The molecule has 0 saturated carbocycles. The van der Waals surface area contributed by atoms with Crippen LogP contribution in [0.4, 0.5) is 5.69 Å². The number of amides is 2. The molecular formula is C18H20N2O2S. The fraction of sp³-hybridized carbons (Fsp3) is 0.333. The van der Waals surface area contributed by atoms with Gasteiger partial charge in [-0.3, -0.25) is 9.59 Å². The number of hydrogen-bond donors (Lipinski definition) is 1. The van der Waals surface area contributed by atoms with E-state index >= 15 is 0 Å². The molecule has 0 bridgehead atoms. The minimum absolute atomic E-state index is 0.00647. The largest absolute Gasteiger partial charge is 0.359 e. The number of hydrogen-bond acceptors (Lipinski definition) is 3. The van der Waals surface area contributed by atoms with E-state index in [4.69, 9.17) is 0 Å². The van der Waals surface area contributed by atoms with Gasteiger partial charge < -0.3 is 10.2 Å². The number of rotatable bonds is 3. The Morgan fingerprint density at radius 3 is 2.61 bits per heavy atom. The monoisotopic (exact) mass is 328 g/mol. The molecule has 0 radical (unpaired) electrons. The lowest BCUT2D eigenvalue weighted by atomic mass is 9.86. The predicted octanol–water partition coefficient (Wildman–Crippen LogP) is 3.29. The molecule has 0 aliphatic carbocycles. The molecule has 2 aromatic rings. The average Bonchev–Trinajstić information content (AvgIpc) is 3.09. The van der Waals surface area contributed by atoms with Gasteiger partial charge in [-0.2, -0.15) is 0 Å². The molecule has 0 spiro atoms.